The van der Waals surface area contributed by atoms with Gasteiger partial charge in [0.2, 0.25) is 0 Å². The van der Waals surface area contributed by atoms with Crippen molar-refractivity contribution in [3.8, 4) is 0 Å². The van der Waals surface area contributed by atoms with Crippen molar-refractivity contribution in [2.24, 2.45) is 0 Å². The van der Waals surface area contributed by atoms with E-state index in [-0.39, 0.29) is 24.6 Å². The van der Waals surface area contributed by atoms with Gasteiger partial charge in [0, 0.05) is 6.61 Å². The first-order valence-electron chi connectivity index (χ1n) is 10.2. The lowest BCUT2D eigenvalue weighted by Crippen LogP contribution is -2.66. The molecule has 1 atom stereocenters. The molecule has 0 bridgehead atoms. The molecule has 2 rings (SSSR count). The maximum atomic E-state index is 11.2. The highest BCUT2D eigenvalue weighted by atomic mass is 32.2. The quantitative estimate of drug-likeness (QED) is 0.298. The molecule has 0 fully saturated rings. The molecule has 2 aromatic rings. The Morgan fingerprint density at radius 2 is 1.37 bits per heavy atom. The van der Waals surface area contributed by atoms with Crippen LogP contribution in [0.4, 0.5) is 0 Å². The first-order chi connectivity index (χ1) is 13.6. The average molecular weight is 469 g/mol. The Labute approximate surface area is 190 Å². The third kappa shape index (κ3) is 7.23. The number of hydrogen-bond acceptors (Lipinski definition) is 4. The van der Waals surface area contributed by atoms with Crippen LogP contribution >= 0.6 is 13.5 Å². The Bertz CT molecular complexity index is 810. The summed E-state index contributed by atoms with van der Waals surface area (Å²) >= 11 is 0. The lowest BCUT2D eigenvalue weighted by atomic mass is 10.2. The molecule has 168 valence electrons. The lowest BCUT2D eigenvalue weighted by molar-refractivity contribution is 0.209. The van der Waals surface area contributed by atoms with Crippen molar-refractivity contribution in [1.82, 2.24) is 0 Å². The Morgan fingerprint density at radius 3 is 1.77 bits per heavy atom. The molecule has 0 aromatic heterocycles. The highest BCUT2D eigenvalue weighted by Gasteiger charge is 2.49. The number of rotatable bonds is 10. The van der Waals surface area contributed by atoms with Gasteiger partial charge < -0.3 is 4.43 Å². The predicted molar refractivity (Wildman–Crippen MR) is 133 cm³/mol. The molecule has 0 spiro atoms. The van der Waals surface area contributed by atoms with Crippen molar-refractivity contribution >= 4 is 42.3 Å². The van der Waals surface area contributed by atoms with Crippen LogP contribution in [0.25, 0.3) is 0 Å². The normalized spacial score (nSPS) is 13.5. The van der Waals surface area contributed by atoms with Crippen molar-refractivity contribution in [1.29, 1.82) is 0 Å². The summed E-state index contributed by atoms with van der Waals surface area (Å²) < 4.78 is 34.3. The van der Waals surface area contributed by atoms with Crippen LogP contribution < -0.4 is 10.4 Å². The van der Waals surface area contributed by atoms with Gasteiger partial charge in [0.15, 0.2) is 0 Å². The van der Waals surface area contributed by atoms with Gasteiger partial charge in [-0.25, -0.2) is 0 Å². The zero-order valence-electron chi connectivity index (χ0n) is 18.7. The van der Waals surface area contributed by atoms with Crippen molar-refractivity contribution < 1.29 is 17.0 Å². The van der Waals surface area contributed by atoms with Gasteiger partial charge in [-0.05, 0) is 41.6 Å². The second kappa shape index (κ2) is 11.5. The number of hydrogen-bond donors (Lipinski definition) is 0. The Morgan fingerprint density at radius 1 is 0.900 bits per heavy atom. The van der Waals surface area contributed by atoms with E-state index in [1.54, 1.807) is 6.92 Å². The van der Waals surface area contributed by atoms with Gasteiger partial charge in [-0.2, -0.15) is 21.9 Å². The van der Waals surface area contributed by atoms with E-state index >= 15 is 0 Å². The minimum atomic E-state index is -3.41. The largest absolute Gasteiger partial charge is 0.407 e. The summed E-state index contributed by atoms with van der Waals surface area (Å²) in [4.78, 5) is 0. The molecule has 0 aliphatic heterocycles. The molecule has 0 heterocycles. The highest BCUT2D eigenvalue weighted by Crippen LogP contribution is 2.36. The summed E-state index contributed by atoms with van der Waals surface area (Å²) in [5.41, 5.74) is 0. The molecule has 0 amide bonds. The molecule has 0 unspecified atom stereocenters. The molecular formula is C23H36O4S2Si. The standard InChI is InChI=1S/C23H34O4SSi.H2S/c1-20(27-28(5,24)25)14-12-13-19-26-29(23(2,3)4,21-15-8-6-9-16-21)22-17-10-7-11-18-22;/h6-11,15-18,20H,12-14,19H2,1-5H3;1H2/t20-;/m0./s1. The lowest BCUT2D eigenvalue weighted by Gasteiger charge is -2.43. The van der Waals surface area contributed by atoms with Gasteiger partial charge in [-0.3, -0.25) is 4.18 Å². The maximum absolute atomic E-state index is 11.2. The maximum Gasteiger partial charge on any atom is 0.264 e. The first kappa shape index (κ1) is 26.9. The van der Waals surface area contributed by atoms with Crippen LogP contribution in [-0.2, 0) is 18.7 Å². The summed E-state index contributed by atoms with van der Waals surface area (Å²) in [7, 11) is -5.90. The molecule has 0 N–H and O–H groups in total. The van der Waals surface area contributed by atoms with E-state index in [1.807, 2.05) is 12.1 Å². The zero-order valence-corrected chi connectivity index (χ0v) is 21.5. The molecule has 4 nitrogen and oxygen atoms in total. The average Bonchev–Trinajstić information content (AvgIpc) is 2.63. The fraction of sp³-hybridized carbons (Fsp3) is 0.478. The fourth-order valence-corrected chi connectivity index (χ4v) is 9.17. The van der Waals surface area contributed by atoms with Crippen LogP contribution in [0, 0.1) is 0 Å². The van der Waals surface area contributed by atoms with Crippen LogP contribution in [0.1, 0.15) is 47.0 Å². The van der Waals surface area contributed by atoms with Crippen LogP contribution in [0.15, 0.2) is 60.7 Å². The van der Waals surface area contributed by atoms with Crippen LogP contribution in [0.5, 0.6) is 0 Å². The van der Waals surface area contributed by atoms with E-state index in [9.17, 15) is 8.42 Å². The Hall–Kier alpha value is -1.12. The van der Waals surface area contributed by atoms with E-state index in [4.69, 9.17) is 8.61 Å². The van der Waals surface area contributed by atoms with Crippen LogP contribution in [0.3, 0.4) is 0 Å². The number of benzene rings is 2. The zero-order chi connectivity index (χ0) is 21.5. The van der Waals surface area contributed by atoms with Gasteiger partial charge in [-0.1, -0.05) is 81.4 Å². The molecule has 0 aliphatic carbocycles. The van der Waals surface area contributed by atoms with Crippen LogP contribution in [0.2, 0.25) is 5.04 Å². The van der Waals surface area contributed by atoms with E-state index < -0.39 is 18.4 Å². The van der Waals surface area contributed by atoms with Gasteiger partial charge in [0.1, 0.15) is 0 Å². The van der Waals surface area contributed by atoms with Gasteiger partial charge in [-0.15, -0.1) is 0 Å². The van der Waals surface area contributed by atoms with Gasteiger partial charge >= 0.3 is 0 Å². The summed E-state index contributed by atoms with van der Waals surface area (Å²) in [5, 5.41) is 2.50. The Balaban J connectivity index is 0.00000450. The summed E-state index contributed by atoms with van der Waals surface area (Å²) in [6.07, 6.45) is 3.20. The van der Waals surface area contributed by atoms with Crippen molar-refractivity contribution in [3.05, 3.63) is 60.7 Å². The van der Waals surface area contributed by atoms with E-state index in [2.05, 4.69) is 69.3 Å². The minimum Gasteiger partial charge on any atom is -0.407 e. The van der Waals surface area contributed by atoms with Crippen molar-refractivity contribution in [2.75, 3.05) is 12.9 Å². The third-order valence-electron chi connectivity index (χ3n) is 5.08. The molecule has 7 heteroatoms. The van der Waals surface area contributed by atoms with E-state index in [0.29, 0.717) is 13.0 Å². The molecule has 0 radical (unpaired) electrons. The number of unbranched alkanes of at least 4 members (excludes halogenated alkanes) is 1. The van der Waals surface area contributed by atoms with Gasteiger partial charge in [0.05, 0.1) is 12.4 Å². The highest BCUT2D eigenvalue weighted by molar-refractivity contribution is 7.86. The molecule has 2 aromatic carbocycles. The third-order valence-corrected chi connectivity index (χ3v) is 10.8. The van der Waals surface area contributed by atoms with Crippen LogP contribution in [-0.4, -0.2) is 35.7 Å². The molecule has 0 saturated carbocycles. The topological polar surface area (TPSA) is 52.6 Å². The molecule has 30 heavy (non-hydrogen) atoms. The monoisotopic (exact) mass is 468 g/mol. The van der Waals surface area contributed by atoms with Crippen molar-refractivity contribution in [3.63, 3.8) is 0 Å². The van der Waals surface area contributed by atoms with Gasteiger partial charge in [0.25, 0.3) is 18.4 Å². The minimum absolute atomic E-state index is 0. The summed E-state index contributed by atoms with van der Waals surface area (Å²) in [5.74, 6) is 0. The second-order valence-electron chi connectivity index (χ2n) is 8.62. The van der Waals surface area contributed by atoms with E-state index in [0.717, 1.165) is 19.1 Å². The first-order valence-corrected chi connectivity index (χ1v) is 13.9. The molecular weight excluding hydrogens is 432 g/mol. The Kier molecular flexibility index (Phi) is 10.3. The predicted octanol–water partition coefficient (Wildman–Crippen LogP) is 4.21. The van der Waals surface area contributed by atoms with Crippen molar-refractivity contribution in [2.45, 2.75) is 58.1 Å². The summed E-state index contributed by atoms with van der Waals surface area (Å²) in [6, 6.07) is 21.2. The molecule has 0 saturated heterocycles. The smallest absolute Gasteiger partial charge is 0.264 e. The van der Waals surface area contributed by atoms with E-state index in [1.165, 1.54) is 10.4 Å². The summed E-state index contributed by atoms with van der Waals surface area (Å²) in [6.45, 7) is 9.23. The second-order valence-corrected chi connectivity index (χ2v) is 14.5. The SMILES string of the molecule is C[C@@H](CCCCO[Si](c1ccccc1)(c1ccccc1)C(C)(C)C)OS(C)(=O)=O.S. The molecule has 0 aliphatic rings. The fourth-order valence-electron chi connectivity index (χ4n) is 3.87.